The van der Waals surface area contributed by atoms with Gasteiger partial charge in [0, 0.05) is 6.07 Å². The van der Waals surface area contributed by atoms with Crippen LogP contribution in [0.1, 0.15) is 17.9 Å². The van der Waals surface area contributed by atoms with Crippen LogP contribution in [0.5, 0.6) is 11.5 Å². The summed E-state index contributed by atoms with van der Waals surface area (Å²) in [5.41, 5.74) is 6.03. The van der Waals surface area contributed by atoms with E-state index in [2.05, 4.69) is 0 Å². The van der Waals surface area contributed by atoms with Crippen molar-refractivity contribution in [1.29, 1.82) is 0 Å². The van der Waals surface area contributed by atoms with Gasteiger partial charge in [0.15, 0.2) is 5.75 Å². The van der Waals surface area contributed by atoms with E-state index in [0.29, 0.717) is 12.5 Å². The third kappa shape index (κ3) is 2.03. The van der Waals surface area contributed by atoms with Gasteiger partial charge in [0.05, 0.1) is 12.0 Å². The number of hydrogen-bond acceptors (Lipinski definition) is 5. The first kappa shape index (κ1) is 11.7. The number of ether oxygens (including phenoxy) is 1. The lowest BCUT2D eigenvalue weighted by Gasteiger charge is -2.07. The number of phenols is 1. The van der Waals surface area contributed by atoms with Gasteiger partial charge in [-0.05, 0) is 36.4 Å². The van der Waals surface area contributed by atoms with Crippen molar-refractivity contribution < 1.29 is 14.8 Å². The molecule has 0 aliphatic heterocycles. The highest BCUT2D eigenvalue weighted by Gasteiger charge is 2.38. The Morgan fingerprint density at radius 1 is 1.65 bits per heavy atom. The van der Waals surface area contributed by atoms with E-state index >= 15 is 0 Å². The zero-order valence-electron chi connectivity index (χ0n) is 9.42. The van der Waals surface area contributed by atoms with Gasteiger partial charge in [-0.1, -0.05) is 0 Å². The van der Waals surface area contributed by atoms with Crippen molar-refractivity contribution in [3.05, 3.63) is 27.8 Å². The van der Waals surface area contributed by atoms with Gasteiger partial charge in [0.25, 0.3) is 0 Å². The first-order valence-electron chi connectivity index (χ1n) is 5.33. The van der Waals surface area contributed by atoms with Crippen LogP contribution in [0.25, 0.3) is 0 Å². The highest BCUT2D eigenvalue weighted by Crippen LogP contribution is 2.50. The van der Waals surface area contributed by atoms with Crippen LogP contribution < -0.4 is 10.5 Å². The number of nitrogens with zero attached hydrogens (tertiary/aromatic N) is 1. The predicted molar refractivity (Wildman–Crippen MR) is 61.2 cm³/mol. The Bertz CT molecular complexity index is 461. The average molecular weight is 238 g/mol. The van der Waals surface area contributed by atoms with Gasteiger partial charge < -0.3 is 15.6 Å². The summed E-state index contributed by atoms with van der Waals surface area (Å²) >= 11 is 0. The molecule has 1 fully saturated rings. The Hall–Kier alpha value is -1.82. The summed E-state index contributed by atoms with van der Waals surface area (Å²) < 4.78 is 4.94. The molecule has 0 radical (unpaired) electrons. The van der Waals surface area contributed by atoms with Crippen LogP contribution in [0, 0.1) is 16.0 Å². The van der Waals surface area contributed by atoms with Crippen molar-refractivity contribution in [2.45, 2.75) is 12.3 Å². The second-order valence-corrected chi connectivity index (χ2v) is 4.19. The second-order valence-electron chi connectivity index (χ2n) is 4.19. The molecule has 0 aromatic heterocycles. The zero-order chi connectivity index (χ0) is 12.6. The fraction of sp³-hybridized carbons (Fsp3) is 0.455. The van der Waals surface area contributed by atoms with Crippen LogP contribution in [0.15, 0.2) is 12.1 Å². The van der Waals surface area contributed by atoms with Crippen LogP contribution in [0.3, 0.4) is 0 Å². The Morgan fingerprint density at radius 2 is 2.35 bits per heavy atom. The molecule has 0 saturated heterocycles. The summed E-state index contributed by atoms with van der Waals surface area (Å²) in [4.78, 5) is 10.2. The minimum Gasteiger partial charge on any atom is -0.500 e. The molecule has 0 bridgehead atoms. The van der Waals surface area contributed by atoms with Gasteiger partial charge >= 0.3 is 5.69 Å². The number of benzene rings is 1. The first-order chi connectivity index (χ1) is 8.08. The highest BCUT2D eigenvalue weighted by atomic mass is 16.6. The fourth-order valence-corrected chi connectivity index (χ4v) is 2.04. The maximum absolute atomic E-state index is 10.8. The van der Waals surface area contributed by atoms with E-state index in [-0.39, 0.29) is 17.4 Å². The summed E-state index contributed by atoms with van der Waals surface area (Å²) in [6, 6.07) is 3.04. The molecule has 1 saturated carbocycles. The topological polar surface area (TPSA) is 98.6 Å². The molecule has 0 spiro atoms. The number of nitro groups is 1. The number of phenolic OH excluding ortho intramolecular Hbond substituents is 1. The SMILES string of the molecule is COc1cc(C2CC2CN)cc([N+](=O)[O-])c1O. The lowest BCUT2D eigenvalue weighted by Crippen LogP contribution is -2.02. The maximum Gasteiger partial charge on any atom is 0.314 e. The molecular formula is C11H14N2O4. The minimum absolute atomic E-state index is 0.136. The molecule has 1 aliphatic rings. The lowest BCUT2D eigenvalue weighted by atomic mass is 10.1. The zero-order valence-corrected chi connectivity index (χ0v) is 9.42. The average Bonchev–Trinajstić information content (AvgIpc) is 3.08. The Kier molecular flexibility index (Phi) is 2.89. The van der Waals surface area contributed by atoms with Crippen molar-refractivity contribution in [2.75, 3.05) is 13.7 Å². The van der Waals surface area contributed by atoms with E-state index in [1.54, 1.807) is 6.07 Å². The van der Waals surface area contributed by atoms with E-state index in [1.165, 1.54) is 13.2 Å². The second kappa shape index (κ2) is 4.21. The van der Waals surface area contributed by atoms with Gasteiger partial charge in [-0.3, -0.25) is 10.1 Å². The standard InChI is InChI=1S/C11H14N2O4/c1-17-10-4-6(8-2-7(8)5-12)3-9(11(10)14)13(15)16/h3-4,7-8,14H,2,5,12H2,1H3. The number of aromatic hydroxyl groups is 1. The van der Waals surface area contributed by atoms with Gasteiger partial charge in [-0.25, -0.2) is 0 Å². The van der Waals surface area contributed by atoms with Crippen LogP contribution in [-0.4, -0.2) is 23.7 Å². The van der Waals surface area contributed by atoms with Crippen molar-refractivity contribution >= 4 is 5.69 Å². The lowest BCUT2D eigenvalue weighted by molar-refractivity contribution is -0.386. The normalized spacial score (nSPS) is 22.2. The summed E-state index contributed by atoms with van der Waals surface area (Å²) in [5.74, 6) is 0.333. The van der Waals surface area contributed by atoms with Gasteiger partial charge in [0.2, 0.25) is 5.75 Å². The summed E-state index contributed by atoms with van der Waals surface area (Å²) in [7, 11) is 1.37. The number of hydrogen-bond donors (Lipinski definition) is 2. The van der Waals surface area contributed by atoms with E-state index in [0.717, 1.165) is 12.0 Å². The minimum atomic E-state index is -0.610. The van der Waals surface area contributed by atoms with Gasteiger partial charge in [-0.15, -0.1) is 0 Å². The number of nitrogens with two attached hydrogens (primary N) is 1. The van der Waals surface area contributed by atoms with E-state index in [4.69, 9.17) is 10.5 Å². The van der Waals surface area contributed by atoms with Crippen LogP contribution >= 0.6 is 0 Å². The van der Waals surface area contributed by atoms with Crippen molar-refractivity contribution in [3.63, 3.8) is 0 Å². The molecule has 1 aromatic carbocycles. The van der Waals surface area contributed by atoms with Crippen LogP contribution in [-0.2, 0) is 0 Å². The van der Waals surface area contributed by atoms with E-state index < -0.39 is 10.7 Å². The van der Waals surface area contributed by atoms with E-state index in [9.17, 15) is 15.2 Å². The molecule has 6 nitrogen and oxygen atoms in total. The molecule has 0 amide bonds. The monoisotopic (exact) mass is 238 g/mol. The summed E-state index contributed by atoms with van der Waals surface area (Å²) in [6.45, 7) is 0.571. The van der Waals surface area contributed by atoms with Crippen LogP contribution in [0.2, 0.25) is 0 Å². The Morgan fingerprint density at radius 3 is 2.82 bits per heavy atom. The van der Waals surface area contributed by atoms with Crippen LogP contribution in [0.4, 0.5) is 5.69 Å². The molecule has 2 rings (SSSR count). The number of rotatable bonds is 4. The smallest absolute Gasteiger partial charge is 0.314 e. The third-order valence-electron chi connectivity index (χ3n) is 3.15. The Balaban J connectivity index is 2.41. The first-order valence-corrected chi connectivity index (χ1v) is 5.33. The maximum atomic E-state index is 10.8. The molecule has 2 atom stereocenters. The summed E-state index contributed by atoms with van der Waals surface area (Å²) in [6.07, 6.45) is 0.932. The quantitative estimate of drug-likeness (QED) is 0.609. The van der Waals surface area contributed by atoms with Crippen molar-refractivity contribution in [3.8, 4) is 11.5 Å². The molecular weight excluding hydrogens is 224 g/mol. The third-order valence-corrected chi connectivity index (χ3v) is 3.15. The van der Waals surface area contributed by atoms with Crippen molar-refractivity contribution in [1.82, 2.24) is 0 Å². The molecule has 2 unspecified atom stereocenters. The molecule has 17 heavy (non-hydrogen) atoms. The van der Waals surface area contributed by atoms with Crippen molar-refractivity contribution in [2.24, 2.45) is 11.7 Å². The molecule has 92 valence electrons. The van der Waals surface area contributed by atoms with E-state index in [1.807, 2.05) is 0 Å². The van der Waals surface area contributed by atoms with Gasteiger partial charge in [-0.2, -0.15) is 0 Å². The fourth-order valence-electron chi connectivity index (χ4n) is 2.04. The predicted octanol–water partition coefficient (Wildman–Crippen LogP) is 1.37. The number of nitro benzene ring substituents is 1. The molecule has 3 N–H and O–H groups in total. The molecule has 6 heteroatoms. The number of methoxy groups -OCH3 is 1. The highest BCUT2D eigenvalue weighted by molar-refractivity contribution is 5.58. The molecule has 0 heterocycles. The summed E-state index contributed by atoms with van der Waals surface area (Å²) in [5, 5.41) is 20.4. The largest absolute Gasteiger partial charge is 0.500 e. The molecule has 1 aliphatic carbocycles. The Labute approximate surface area is 98.2 Å². The van der Waals surface area contributed by atoms with Gasteiger partial charge in [0.1, 0.15) is 0 Å². The molecule has 1 aromatic rings.